The Morgan fingerprint density at radius 2 is 2.05 bits per heavy atom. The molecule has 3 unspecified atom stereocenters. The predicted molar refractivity (Wildman–Crippen MR) is 83.6 cm³/mol. The molecule has 1 aromatic heterocycles. The lowest BCUT2D eigenvalue weighted by atomic mass is 9.69. The van der Waals surface area contributed by atoms with E-state index >= 15 is 0 Å². The molecule has 2 aliphatic carbocycles. The van der Waals surface area contributed by atoms with Gasteiger partial charge in [-0.3, -0.25) is 0 Å². The van der Waals surface area contributed by atoms with Crippen molar-refractivity contribution in [2.45, 2.75) is 66.5 Å². The van der Waals surface area contributed by atoms with Gasteiger partial charge in [0, 0.05) is 22.3 Å². The molecule has 0 spiro atoms. The molecular weight excluding hydrogens is 250 g/mol. The minimum absolute atomic E-state index is 0.499. The van der Waals surface area contributed by atoms with E-state index < -0.39 is 0 Å². The minimum Gasteiger partial charge on any atom is -0.309 e. The van der Waals surface area contributed by atoms with Gasteiger partial charge < -0.3 is 5.32 Å². The summed E-state index contributed by atoms with van der Waals surface area (Å²) in [6.45, 7) is 13.0. The molecule has 106 valence electrons. The largest absolute Gasteiger partial charge is 0.309 e. The molecule has 2 aliphatic rings. The van der Waals surface area contributed by atoms with E-state index in [1.54, 1.807) is 0 Å². The number of aryl methyl sites for hydroxylation is 2. The van der Waals surface area contributed by atoms with Crippen molar-refractivity contribution in [3.63, 3.8) is 0 Å². The van der Waals surface area contributed by atoms with Crippen LogP contribution < -0.4 is 5.32 Å². The van der Waals surface area contributed by atoms with Gasteiger partial charge in [0.1, 0.15) is 0 Å². The number of hydrogen-bond donors (Lipinski definition) is 1. The van der Waals surface area contributed by atoms with Gasteiger partial charge in [-0.25, -0.2) is 0 Å². The normalized spacial score (nSPS) is 36.1. The Morgan fingerprint density at radius 1 is 1.32 bits per heavy atom. The SMILES string of the molecule is Cc1cc(CNC2CC3CCC2(C)C3(C)C)sc1C. The first-order valence-corrected chi connectivity index (χ1v) is 8.45. The number of thiophene rings is 1. The molecule has 3 rings (SSSR count). The van der Waals surface area contributed by atoms with Gasteiger partial charge in [0.05, 0.1) is 0 Å². The van der Waals surface area contributed by atoms with Gasteiger partial charge in [-0.2, -0.15) is 0 Å². The van der Waals surface area contributed by atoms with Crippen LogP contribution in [0.2, 0.25) is 0 Å². The van der Waals surface area contributed by atoms with E-state index in [9.17, 15) is 0 Å². The molecule has 1 aromatic rings. The first-order valence-electron chi connectivity index (χ1n) is 7.64. The second-order valence-electron chi connectivity index (χ2n) is 7.50. The molecule has 1 nitrogen and oxygen atoms in total. The zero-order valence-electron chi connectivity index (χ0n) is 13.0. The molecule has 2 saturated carbocycles. The maximum atomic E-state index is 3.88. The fraction of sp³-hybridized carbons (Fsp3) is 0.765. The highest BCUT2D eigenvalue weighted by molar-refractivity contribution is 7.12. The third kappa shape index (κ3) is 1.91. The van der Waals surface area contributed by atoms with Crippen LogP contribution in [-0.2, 0) is 6.54 Å². The molecule has 3 atom stereocenters. The van der Waals surface area contributed by atoms with Crippen LogP contribution in [0.1, 0.15) is 55.4 Å². The van der Waals surface area contributed by atoms with Gasteiger partial charge in [0.25, 0.3) is 0 Å². The average molecular weight is 277 g/mol. The molecule has 2 fully saturated rings. The van der Waals surface area contributed by atoms with E-state index in [4.69, 9.17) is 0 Å². The highest BCUT2D eigenvalue weighted by Crippen LogP contribution is 2.65. The summed E-state index contributed by atoms with van der Waals surface area (Å²) in [5.41, 5.74) is 2.46. The van der Waals surface area contributed by atoms with Crippen molar-refractivity contribution in [3.8, 4) is 0 Å². The summed E-state index contributed by atoms with van der Waals surface area (Å²) in [5, 5.41) is 3.88. The topological polar surface area (TPSA) is 12.0 Å². The van der Waals surface area contributed by atoms with E-state index in [-0.39, 0.29) is 0 Å². The number of nitrogens with one attached hydrogen (secondary N) is 1. The van der Waals surface area contributed by atoms with Crippen molar-refractivity contribution in [1.82, 2.24) is 5.32 Å². The Hall–Kier alpha value is -0.340. The Morgan fingerprint density at radius 3 is 2.53 bits per heavy atom. The monoisotopic (exact) mass is 277 g/mol. The van der Waals surface area contributed by atoms with Gasteiger partial charge in [0.15, 0.2) is 0 Å². The van der Waals surface area contributed by atoms with E-state index in [0.29, 0.717) is 16.9 Å². The summed E-state index contributed by atoms with van der Waals surface area (Å²) < 4.78 is 0. The van der Waals surface area contributed by atoms with Crippen molar-refractivity contribution >= 4 is 11.3 Å². The smallest absolute Gasteiger partial charge is 0.0302 e. The number of rotatable bonds is 3. The Labute approximate surface area is 121 Å². The zero-order valence-corrected chi connectivity index (χ0v) is 13.8. The molecule has 0 aromatic carbocycles. The van der Waals surface area contributed by atoms with Gasteiger partial charge in [-0.05, 0) is 61.5 Å². The Balaban J connectivity index is 1.69. The highest BCUT2D eigenvalue weighted by Gasteiger charge is 2.60. The molecule has 0 radical (unpaired) electrons. The Bertz CT molecular complexity index is 468. The summed E-state index contributed by atoms with van der Waals surface area (Å²) in [6, 6.07) is 3.07. The van der Waals surface area contributed by atoms with Crippen LogP contribution in [0.15, 0.2) is 6.07 Å². The van der Waals surface area contributed by atoms with Crippen LogP contribution in [0.5, 0.6) is 0 Å². The molecule has 1 heterocycles. The summed E-state index contributed by atoms with van der Waals surface area (Å²) >= 11 is 1.95. The second-order valence-corrected chi connectivity index (χ2v) is 8.84. The van der Waals surface area contributed by atoms with Gasteiger partial charge in [-0.1, -0.05) is 20.8 Å². The number of fused-ring (bicyclic) bond motifs is 2. The van der Waals surface area contributed by atoms with Crippen LogP contribution >= 0.6 is 11.3 Å². The molecule has 2 heteroatoms. The first-order chi connectivity index (χ1) is 8.84. The van der Waals surface area contributed by atoms with Crippen molar-refractivity contribution in [1.29, 1.82) is 0 Å². The van der Waals surface area contributed by atoms with E-state index in [2.05, 4.69) is 46.0 Å². The summed E-state index contributed by atoms with van der Waals surface area (Å²) in [4.78, 5) is 2.97. The lowest BCUT2D eigenvalue weighted by molar-refractivity contribution is 0.120. The van der Waals surface area contributed by atoms with Gasteiger partial charge in [0.2, 0.25) is 0 Å². The second kappa shape index (κ2) is 4.33. The molecular formula is C17H27NS. The van der Waals surface area contributed by atoms with Gasteiger partial charge in [-0.15, -0.1) is 11.3 Å². The van der Waals surface area contributed by atoms with Crippen LogP contribution in [0.25, 0.3) is 0 Å². The molecule has 19 heavy (non-hydrogen) atoms. The molecule has 0 saturated heterocycles. The maximum Gasteiger partial charge on any atom is 0.0302 e. The third-order valence-corrected chi connectivity index (χ3v) is 7.69. The molecule has 1 N–H and O–H groups in total. The molecule has 0 amide bonds. The third-order valence-electron chi connectivity index (χ3n) is 6.53. The lowest BCUT2D eigenvalue weighted by Crippen LogP contribution is -2.44. The van der Waals surface area contributed by atoms with Crippen molar-refractivity contribution in [3.05, 3.63) is 21.4 Å². The summed E-state index contributed by atoms with van der Waals surface area (Å²) in [6.07, 6.45) is 4.23. The summed E-state index contributed by atoms with van der Waals surface area (Å²) in [5.74, 6) is 0.932. The van der Waals surface area contributed by atoms with Crippen LogP contribution in [0, 0.1) is 30.6 Å². The van der Waals surface area contributed by atoms with Crippen LogP contribution in [0.4, 0.5) is 0 Å². The van der Waals surface area contributed by atoms with E-state index in [1.807, 2.05) is 11.3 Å². The van der Waals surface area contributed by atoms with Crippen molar-refractivity contribution < 1.29 is 0 Å². The minimum atomic E-state index is 0.499. The Kier molecular flexibility index (Phi) is 3.10. The molecule has 2 bridgehead atoms. The number of hydrogen-bond acceptors (Lipinski definition) is 2. The van der Waals surface area contributed by atoms with E-state index in [1.165, 1.54) is 34.6 Å². The van der Waals surface area contributed by atoms with Crippen LogP contribution in [-0.4, -0.2) is 6.04 Å². The van der Waals surface area contributed by atoms with Crippen molar-refractivity contribution in [2.24, 2.45) is 16.7 Å². The maximum absolute atomic E-state index is 3.88. The predicted octanol–water partition coefficient (Wildman–Crippen LogP) is 4.67. The van der Waals surface area contributed by atoms with E-state index in [0.717, 1.165) is 12.5 Å². The van der Waals surface area contributed by atoms with Crippen molar-refractivity contribution in [2.75, 3.05) is 0 Å². The lowest BCUT2D eigenvalue weighted by Gasteiger charge is -2.39. The first kappa shape index (κ1) is 13.6. The highest BCUT2D eigenvalue weighted by atomic mass is 32.1. The average Bonchev–Trinajstić information content (AvgIpc) is 2.84. The summed E-state index contributed by atoms with van der Waals surface area (Å²) in [7, 11) is 0. The van der Waals surface area contributed by atoms with Gasteiger partial charge >= 0.3 is 0 Å². The zero-order chi connectivity index (χ0) is 13.8. The quantitative estimate of drug-likeness (QED) is 0.846. The fourth-order valence-corrected chi connectivity index (χ4v) is 5.48. The fourth-order valence-electron chi connectivity index (χ4n) is 4.47. The standard InChI is InChI=1S/C17H27NS/c1-11-8-14(19-12(11)2)10-18-15-9-13-6-7-17(15,5)16(13,3)4/h8,13,15,18H,6-7,9-10H2,1-5H3. The van der Waals surface area contributed by atoms with Crippen LogP contribution in [0.3, 0.4) is 0 Å². The molecule has 0 aliphatic heterocycles.